The summed E-state index contributed by atoms with van der Waals surface area (Å²) in [5.41, 5.74) is 0. The van der Waals surface area contributed by atoms with Gasteiger partial charge in [-0.3, -0.25) is 4.79 Å². The normalized spacial score (nSPS) is 22.4. The van der Waals surface area contributed by atoms with Crippen LogP contribution < -0.4 is 5.32 Å². The number of nitrogens with one attached hydrogen (secondary N) is 1. The van der Waals surface area contributed by atoms with Crippen molar-refractivity contribution in [1.29, 1.82) is 0 Å². The minimum atomic E-state index is -0.0400. The molecule has 0 saturated carbocycles. The molecule has 108 valence electrons. The third-order valence-electron chi connectivity index (χ3n) is 3.53. The first-order valence-corrected chi connectivity index (χ1v) is 7.28. The zero-order valence-corrected chi connectivity index (χ0v) is 11.7. The second kappa shape index (κ2) is 7.38. The van der Waals surface area contributed by atoms with Crippen LogP contribution in [0.2, 0.25) is 0 Å². The summed E-state index contributed by atoms with van der Waals surface area (Å²) in [6.07, 6.45) is 5.90. The lowest BCUT2D eigenvalue weighted by Crippen LogP contribution is -2.43. The molecule has 2 aliphatic heterocycles. The average molecular weight is 268 g/mol. The maximum atomic E-state index is 12.4. The van der Waals surface area contributed by atoms with Crippen molar-refractivity contribution >= 4 is 5.91 Å². The third kappa shape index (κ3) is 4.13. The van der Waals surface area contributed by atoms with Crippen LogP contribution >= 0.6 is 0 Å². The van der Waals surface area contributed by atoms with Gasteiger partial charge in [0.1, 0.15) is 19.5 Å². The van der Waals surface area contributed by atoms with Crippen molar-refractivity contribution in [2.45, 2.75) is 38.6 Å². The second-order valence-corrected chi connectivity index (χ2v) is 5.10. The highest BCUT2D eigenvalue weighted by atomic mass is 16.6. The number of carbonyl (C=O) groups is 1. The van der Waals surface area contributed by atoms with Crippen molar-refractivity contribution in [3.63, 3.8) is 0 Å². The van der Waals surface area contributed by atoms with Gasteiger partial charge in [0.25, 0.3) is 5.91 Å². The third-order valence-corrected chi connectivity index (χ3v) is 3.53. The fraction of sp³-hybridized carbons (Fsp3) is 0.786. The summed E-state index contributed by atoms with van der Waals surface area (Å²) in [6.45, 7) is 5.73. The Morgan fingerprint density at radius 2 is 2.42 bits per heavy atom. The van der Waals surface area contributed by atoms with Crippen LogP contribution in [0.15, 0.2) is 12.0 Å². The van der Waals surface area contributed by atoms with E-state index in [1.54, 1.807) is 0 Å². The molecule has 0 aromatic carbocycles. The van der Waals surface area contributed by atoms with Crippen molar-refractivity contribution in [2.75, 3.05) is 32.8 Å². The zero-order chi connectivity index (χ0) is 13.5. The van der Waals surface area contributed by atoms with E-state index in [2.05, 4.69) is 12.2 Å². The van der Waals surface area contributed by atoms with Crippen LogP contribution in [-0.2, 0) is 14.3 Å². The minimum Gasteiger partial charge on any atom is -0.494 e. The molecule has 2 rings (SSSR count). The molecule has 1 atom stereocenters. The van der Waals surface area contributed by atoms with Crippen LogP contribution in [0.4, 0.5) is 0 Å². The molecule has 2 aliphatic rings. The van der Waals surface area contributed by atoms with Gasteiger partial charge in [0.05, 0.1) is 0 Å². The van der Waals surface area contributed by atoms with Gasteiger partial charge >= 0.3 is 0 Å². The number of ether oxygens (including phenoxy) is 2. The van der Waals surface area contributed by atoms with Crippen LogP contribution in [0, 0.1) is 0 Å². The van der Waals surface area contributed by atoms with E-state index < -0.39 is 0 Å². The predicted molar refractivity (Wildman–Crippen MR) is 72.5 cm³/mol. The maximum absolute atomic E-state index is 12.4. The molecule has 5 nitrogen and oxygen atoms in total. The lowest BCUT2D eigenvalue weighted by Gasteiger charge is -2.27. The SMILES string of the molecule is CCCCN(CC1CCCN1)C(=O)C1=COCCO1. The second-order valence-electron chi connectivity index (χ2n) is 5.10. The molecule has 1 N–H and O–H groups in total. The van der Waals surface area contributed by atoms with Crippen LogP contribution in [0.5, 0.6) is 0 Å². The van der Waals surface area contributed by atoms with E-state index in [0.29, 0.717) is 25.0 Å². The van der Waals surface area contributed by atoms with Gasteiger partial charge in [-0.2, -0.15) is 0 Å². The molecule has 0 bridgehead atoms. The molecule has 0 aliphatic carbocycles. The van der Waals surface area contributed by atoms with Crippen molar-refractivity contribution in [1.82, 2.24) is 10.2 Å². The fourth-order valence-electron chi connectivity index (χ4n) is 2.44. The Morgan fingerprint density at radius 1 is 1.53 bits per heavy atom. The molecule has 1 unspecified atom stereocenters. The number of carbonyl (C=O) groups excluding carboxylic acids is 1. The summed E-state index contributed by atoms with van der Waals surface area (Å²) in [4.78, 5) is 14.3. The molecule has 19 heavy (non-hydrogen) atoms. The zero-order valence-electron chi connectivity index (χ0n) is 11.7. The fourth-order valence-corrected chi connectivity index (χ4v) is 2.44. The number of rotatable bonds is 6. The number of unbranched alkanes of at least 4 members (excludes halogenated alkanes) is 1. The van der Waals surface area contributed by atoms with E-state index in [1.807, 2.05) is 4.90 Å². The van der Waals surface area contributed by atoms with Crippen LogP contribution in [0.3, 0.4) is 0 Å². The minimum absolute atomic E-state index is 0.0400. The predicted octanol–water partition coefficient (Wildman–Crippen LogP) is 1.26. The van der Waals surface area contributed by atoms with Crippen LogP contribution in [0.1, 0.15) is 32.6 Å². The Morgan fingerprint density at radius 3 is 3.05 bits per heavy atom. The Kier molecular flexibility index (Phi) is 5.51. The van der Waals surface area contributed by atoms with Crippen molar-refractivity contribution in [2.24, 2.45) is 0 Å². The van der Waals surface area contributed by atoms with Gasteiger partial charge in [0.2, 0.25) is 5.76 Å². The maximum Gasteiger partial charge on any atom is 0.292 e. The van der Waals surface area contributed by atoms with E-state index in [-0.39, 0.29) is 5.91 Å². The van der Waals surface area contributed by atoms with E-state index in [0.717, 1.165) is 38.9 Å². The summed E-state index contributed by atoms with van der Waals surface area (Å²) >= 11 is 0. The smallest absolute Gasteiger partial charge is 0.292 e. The highest BCUT2D eigenvalue weighted by Crippen LogP contribution is 2.13. The average Bonchev–Trinajstić information content (AvgIpc) is 2.96. The summed E-state index contributed by atoms with van der Waals surface area (Å²) in [5.74, 6) is 0.308. The molecular weight excluding hydrogens is 244 g/mol. The van der Waals surface area contributed by atoms with Gasteiger partial charge in [0, 0.05) is 19.1 Å². The lowest BCUT2D eigenvalue weighted by atomic mass is 10.2. The topological polar surface area (TPSA) is 50.8 Å². The van der Waals surface area contributed by atoms with Gasteiger partial charge < -0.3 is 19.7 Å². The lowest BCUT2D eigenvalue weighted by molar-refractivity contribution is -0.132. The summed E-state index contributed by atoms with van der Waals surface area (Å²) in [5, 5.41) is 3.44. The van der Waals surface area contributed by atoms with Gasteiger partial charge in [-0.15, -0.1) is 0 Å². The van der Waals surface area contributed by atoms with Gasteiger partial charge in [0.15, 0.2) is 0 Å². The molecule has 5 heteroatoms. The number of nitrogens with zero attached hydrogens (tertiary/aromatic N) is 1. The standard InChI is InChI=1S/C14H24N2O3/c1-2-3-7-16(10-12-5-4-6-15-12)14(17)13-11-18-8-9-19-13/h11-12,15H,2-10H2,1H3. The van der Waals surface area contributed by atoms with Gasteiger partial charge in [-0.25, -0.2) is 0 Å². The highest BCUT2D eigenvalue weighted by Gasteiger charge is 2.25. The van der Waals surface area contributed by atoms with Crippen molar-refractivity contribution < 1.29 is 14.3 Å². The number of amides is 1. The molecule has 2 heterocycles. The quantitative estimate of drug-likeness (QED) is 0.788. The Bertz CT molecular complexity index is 325. The molecular formula is C14H24N2O3. The first-order chi connectivity index (χ1) is 9.31. The van der Waals surface area contributed by atoms with Crippen LogP contribution in [-0.4, -0.2) is 49.7 Å². The van der Waals surface area contributed by atoms with E-state index in [1.165, 1.54) is 12.7 Å². The molecule has 1 fully saturated rings. The van der Waals surface area contributed by atoms with Crippen LogP contribution in [0.25, 0.3) is 0 Å². The Labute approximate surface area is 114 Å². The monoisotopic (exact) mass is 268 g/mol. The molecule has 0 aromatic rings. The molecule has 1 saturated heterocycles. The largest absolute Gasteiger partial charge is 0.494 e. The molecule has 1 amide bonds. The summed E-state index contributed by atoms with van der Waals surface area (Å²) in [6, 6.07) is 0.422. The first-order valence-electron chi connectivity index (χ1n) is 7.28. The molecule has 0 radical (unpaired) electrons. The van der Waals surface area contributed by atoms with Crippen molar-refractivity contribution in [3.05, 3.63) is 12.0 Å². The number of hydrogen-bond acceptors (Lipinski definition) is 4. The molecule has 0 aromatic heterocycles. The highest BCUT2D eigenvalue weighted by molar-refractivity contribution is 5.91. The molecule has 0 spiro atoms. The first kappa shape index (κ1) is 14.2. The summed E-state index contributed by atoms with van der Waals surface area (Å²) in [7, 11) is 0. The van der Waals surface area contributed by atoms with Gasteiger partial charge in [-0.1, -0.05) is 13.3 Å². The Balaban J connectivity index is 1.94. The summed E-state index contributed by atoms with van der Waals surface area (Å²) < 4.78 is 10.6. The van der Waals surface area contributed by atoms with E-state index >= 15 is 0 Å². The van der Waals surface area contributed by atoms with Gasteiger partial charge in [-0.05, 0) is 25.8 Å². The van der Waals surface area contributed by atoms with Crippen molar-refractivity contribution in [3.8, 4) is 0 Å². The van der Waals surface area contributed by atoms with E-state index in [9.17, 15) is 4.79 Å². The number of hydrogen-bond donors (Lipinski definition) is 1. The van der Waals surface area contributed by atoms with E-state index in [4.69, 9.17) is 9.47 Å². The Hall–Kier alpha value is -1.23.